The summed E-state index contributed by atoms with van der Waals surface area (Å²) in [5.41, 5.74) is 0. The molecule has 5 nitrogen and oxygen atoms in total. The van der Waals surface area contributed by atoms with Crippen molar-refractivity contribution in [3.63, 3.8) is 0 Å². The molecule has 0 spiro atoms. The van der Waals surface area contributed by atoms with Crippen LogP contribution in [0.5, 0.6) is 0 Å². The highest BCUT2D eigenvalue weighted by molar-refractivity contribution is 7.52. The van der Waals surface area contributed by atoms with E-state index in [0.717, 1.165) is 12.8 Å². The topological polar surface area (TPSA) is 65.0 Å². The van der Waals surface area contributed by atoms with Crippen molar-refractivity contribution in [2.75, 3.05) is 13.5 Å². The summed E-state index contributed by atoms with van der Waals surface area (Å²) in [7, 11) is -2.37. The molecular weight excluding hydrogens is 195 g/mol. The molecule has 0 aromatic heterocycles. The van der Waals surface area contributed by atoms with Crippen molar-refractivity contribution in [1.29, 1.82) is 0 Å². The molecule has 3 atom stereocenters. The Morgan fingerprint density at radius 3 is 2.77 bits per heavy atom. The Bertz CT molecular complexity index is 207. The van der Waals surface area contributed by atoms with Crippen LogP contribution in [0.3, 0.4) is 0 Å². The molecule has 6 heteroatoms. The summed E-state index contributed by atoms with van der Waals surface area (Å²) in [6.45, 7) is 1.94. The largest absolute Gasteiger partial charge is 0.353 e. The van der Waals surface area contributed by atoms with Crippen molar-refractivity contribution in [3.05, 3.63) is 0 Å². The quantitative estimate of drug-likeness (QED) is 0.709. The zero-order valence-corrected chi connectivity index (χ0v) is 8.70. The van der Waals surface area contributed by atoms with Gasteiger partial charge in [-0.2, -0.15) is 0 Å². The van der Waals surface area contributed by atoms with Gasteiger partial charge in [-0.1, -0.05) is 0 Å². The van der Waals surface area contributed by atoms with Gasteiger partial charge in [0.1, 0.15) is 0 Å². The van der Waals surface area contributed by atoms with Crippen LogP contribution in [0.2, 0.25) is 0 Å². The van der Waals surface area contributed by atoms with E-state index in [-0.39, 0.29) is 18.7 Å². The summed E-state index contributed by atoms with van der Waals surface area (Å²) in [5.74, 6) is 0. The standard InChI is InChI=1S/C7H15O5P/c1-6-3-4-7(12-6)11-5-13(8,9)10-2/h6-7H,3-5H2,1-2H3,(H,8,9)/t6-,7-/m0/s1. The molecule has 0 saturated carbocycles. The Hall–Kier alpha value is 0.0700. The fraction of sp³-hybridized carbons (Fsp3) is 1.00. The van der Waals surface area contributed by atoms with E-state index in [0.29, 0.717) is 0 Å². The average molecular weight is 210 g/mol. The van der Waals surface area contributed by atoms with Gasteiger partial charge in [-0.15, -0.1) is 0 Å². The van der Waals surface area contributed by atoms with Crippen LogP contribution in [-0.4, -0.2) is 30.7 Å². The Kier molecular flexibility index (Phi) is 3.88. The summed E-state index contributed by atoms with van der Waals surface area (Å²) in [6.07, 6.45) is 1.20. The molecule has 1 heterocycles. The maximum atomic E-state index is 11.0. The first-order valence-corrected chi connectivity index (χ1v) is 5.94. The minimum Gasteiger partial charge on any atom is -0.350 e. The molecule has 1 unspecified atom stereocenters. The second kappa shape index (κ2) is 4.53. The number of hydrogen-bond acceptors (Lipinski definition) is 4. The summed E-state index contributed by atoms with van der Waals surface area (Å²) >= 11 is 0. The van der Waals surface area contributed by atoms with Crippen LogP contribution >= 0.6 is 7.60 Å². The zero-order chi connectivity index (χ0) is 9.90. The van der Waals surface area contributed by atoms with Gasteiger partial charge < -0.3 is 18.9 Å². The molecule has 1 aliphatic heterocycles. The fourth-order valence-corrected chi connectivity index (χ4v) is 1.58. The van der Waals surface area contributed by atoms with Crippen molar-refractivity contribution in [2.45, 2.75) is 32.2 Å². The van der Waals surface area contributed by atoms with Crippen LogP contribution in [0.15, 0.2) is 0 Å². The molecule has 0 aromatic rings. The predicted molar refractivity (Wildman–Crippen MR) is 46.4 cm³/mol. The highest BCUT2D eigenvalue weighted by atomic mass is 31.2. The van der Waals surface area contributed by atoms with Gasteiger partial charge in [0.2, 0.25) is 0 Å². The highest BCUT2D eigenvalue weighted by Crippen LogP contribution is 2.41. The van der Waals surface area contributed by atoms with Crippen LogP contribution in [-0.2, 0) is 18.6 Å². The van der Waals surface area contributed by atoms with Gasteiger partial charge in [-0.25, -0.2) is 0 Å². The maximum absolute atomic E-state index is 11.0. The van der Waals surface area contributed by atoms with Crippen LogP contribution in [0, 0.1) is 0 Å². The number of hydrogen-bond donors (Lipinski definition) is 1. The van der Waals surface area contributed by atoms with Gasteiger partial charge in [0, 0.05) is 13.5 Å². The third kappa shape index (κ3) is 3.75. The third-order valence-corrected chi connectivity index (χ3v) is 2.95. The van der Waals surface area contributed by atoms with Crippen LogP contribution in [0.4, 0.5) is 0 Å². The van der Waals surface area contributed by atoms with E-state index in [1.165, 1.54) is 7.11 Å². The summed E-state index contributed by atoms with van der Waals surface area (Å²) in [4.78, 5) is 9.00. The first kappa shape index (κ1) is 11.1. The van der Waals surface area contributed by atoms with E-state index in [2.05, 4.69) is 4.52 Å². The molecule has 0 aliphatic carbocycles. The summed E-state index contributed by atoms with van der Waals surface area (Å²) in [5, 5.41) is 0. The van der Waals surface area contributed by atoms with E-state index in [9.17, 15) is 4.57 Å². The van der Waals surface area contributed by atoms with Gasteiger partial charge in [-0.05, 0) is 13.3 Å². The molecule has 0 bridgehead atoms. The third-order valence-electron chi connectivity index (χ3n) is 1.90. The molecule has 1 rings (SSSR count). The lowest BCUT2D eigenvalue weighted by Crippen LogP contribution is -2.13. The minimum absolute atomic E-state index is 0.172. The molecule has 0 radical (unpaired) electrons. The number of rotatable bonds is 4. The molecule has 0 amide bonds. The van der Waals surface area contributed by atoms with Gasteiger partial charge in [-0.3, -0.25) is 4.57 Å². The molecule has 1 saturated heterocycles. The first-order chi connectivity index (χ1) is 6.03. The van der Waals surface area contributed by atoms with Gasteiger partial charge in [0.25, 0.3) is 0 Å². The lowest BCUT2D eigenvalue weighted by molar-refractivity contribution is -0.119. The molecule has 78 valence electrons. The average Bonchev–Trinajstić information content (AvgIpc) is 2.48. The number of ether oxygens (including phenoxy) is 2. The van der Waals surface area contributed by atoms with Gasteiger partial charge in [0.15, 0.2) is 12.6 Å². The fourth-order valence-electron chi connectivity index (χ4n) is 1.12. The maximum Gasteiger partial charge on any atom is 0.353 e. The van der Waals surface area contributed by atoms with E-state index in [4.69, 9.17) is 14.4 Å². The van der Waals surface area contributed by atoms with Gasteiger partial charge in [0.05, 0.1) is 6.10 Å². The Morgan fingerprint density at radius 1 is 1.62 bits per heavy atom. The molecule has 0 aromatic carbocycles. The summed E-state index contributed by atoms with van der Waals surface area (Å²) in [6, 6.07) is 0. The SMILES string of the molecule is COP(=O)(O)CO[C@@H]1CC[C@H](C)O1. The van der Waals surface area contributed by atoms with Crippen LogP contribution < -0.4 is 0 Å². The normalized spacial score (nSPS) is 33.2. The van der Waals surface area contributed by atoms with E-state index >= 15 is 0 Å². The van der Waals surface area contributed by atoms with Crippen LogP contribution in [0.1, 0.15) is 19.8 Å². The van der Waals surface area contributed by atoms with Crippen molar-refractivity contribution < 1.29 is 23.5 Å². The molecule has 1 fully saturated rings. The Labute approximate surface area is 77.5 Å². The molecule has 13 heavy (non-hydrogen) atoms. The van der Waals surface area contributed by atoms with E-state index < -0.39 is 7.60 Å². The summed E-state index contributed by atoms with van der Waals surface area (Å²) < 4.78 is 25.7. The Morgan fingerprint density at radius 2 is 2.31 bits per heavy atom. The predicted octanol–water partition coefficient (Wildman–Crippen LogP) is 1.32. The second-order valence-corrected chi connectivity index (χ2v) is 4.97. The van der Waals surface area contributed by atoms with Crippen molar-refractivity contribution in [1.82, 2.24) is 0 Å². The monoisotopic (exact) mass is 210 g/mol. The van der Waals surface area contributed by atoms with Crippen LogP contribution in [0.25, 0.3) is 0 Å². The smallest absolute Gasteiger partial charge is 0.350 e. The minimum atomic E-state index is -3.55. The molecule has 1 N–H and O–H groups in total. The molecule has 1 aliphatic rings. The van der Waals surface area contributed by atoms with E-state index in [1.807, 2.05) is 6.92 Å². The second-order valence-electron chi connectivity index (χ2n) is 3.07. The van der Waals surface area contributed by atoms with Crippen molar-refractivity contribution in [3.8, 4) is 0 Å². The van der Waals surface area contributed by atoms with Gasteiger partial charge >= 0.3 is 7.60 Å². The zero-order valence-electron chi connectivity index (χ0n) is 7.80. The van der Waals surface area contributed by atoms with Crippen molar-refractivity contribution >= 4 is 7.60 Å². The van der Waals surface area contributed by atoms with E-state index in [1.54, 1.807) is 0 Å². The Balaban J connectivity index is 2.23. The first-order valence-electron chi connectivity index (χ1n) is 4.18. The lowest BCUT2D eigenvalue weighted by Gasteiger charge is -2.14. The lowest BCUT2D eigenvalue weighted by atomic mass is 10.3. The van der Waals surface area contributed by atoms with Crippen molar-refractivity contribution in [2.24, 2.45) is 0 Å². The molecular formula is C7H15O5P. The highest BCUT2D eigenvalue weighted by Gasteiger charge is 2.26.